The number of carbonyl (C=O) groups excluding carboxylic acids is 1. The van der Waals surface area contributed by atoms with E-state index in [1.54, 1.807) is 48.6 Å². The van der Waals surface area contributed by atoms with E-state index in [4.69, 9.17) is 23.8 Å². The normalized spacial score (nSPS) is 16.0. The van der Waals surface area contributed by atoms with E-state index in [0.717, 1.165) is 5.56 Å². The summed E-state index contributed by atoms with van der Waals surface area (Å²) in [5.41, 5.74) is 1.66. The number of hydrogen-bond donors (Lipinski definition) is 1. The van der Waals surface area contributed by atoms with Crippen LogP contribution in [0.5, 0.6) is 5.75 Å². The van der Waals surface area contributed by atoms with Crippen molar-refractivity contribution < 1.29 is 14.8 Å². The van der Waals surface area contributed by atoms with E-state index in [1.165, 1.54) is 28.8 Å². The fourth-order valence-electron chi connectivity index (χ4n) is 2.61. The quantitative estimate of drug-likeness (QED) is 0.295. The molecule has 1 amide bonds. The van der Waals surface area contributed by atoms with Crippen molar-refractivity contribution >= 4 is 57.6 Å². The van der Waals surface area contributed by atoms with Crippen LogP contribution in [0.25, 0.3) is 6.08 Å². The Morgan fingerprint density at radius 1 is 1.21 bits per heavy atom. The first kappa shape index (κ1) is 21.0. The van der Waals surface area contributed by atoms with Crippen LogP contribution in [0.4, 0.5) is 5.69 Å². The molecule has 1 aliphatic rings. The van der Waals surface area contributed by atoms with Crippen LogP contribution in [0.3, 0.4) is 0 Å². The summed E-state index contributed by atoms with van der Waals surface area (Å²) in [6.07, 6.45) is 3.77. The van der Waals surface area contributed by atoms with Crippen LogP contribution in [0.1, 0.15) is 11.1 Å². The van der Waals surface area contributed by atoms with Crippen molar-refractivity contribution in [3.05, 3.63) is 85.8 Å². The Hall–Kier alpha value is -2.68. The first-order chi connectivity index (χ1) is 13.8. The Kier molecular flexibility index (Phi) is 6.68. The van der Waals surface area contributed by atoms with Gasteiger partial charge in [0.2, 0.25) is 0 Å². The summed E-state index contributed by atoms with van der Waals surface area (Å²) in [4.78, 5) is 24.8. The molecule has 2 aromatic carbocycles. The third-order valence-electron chi connectivity index (χ3n) is 4.11. The van der Waals surface area contributed by atoms with Crippen molar-refractivity contribution in [1.82, 2.24) is 4.90 Å². The average Bonchev–Trinajstić information content (AvgIpc) is 2.94. The minimum absolute atomic E-state index is 0.00669. The molecule has 0 unspecified atom stereocenters. The molecule has 1 heterocycles. The van der Waals surface area contributed by atoms with Crippen molar-refractivity contribution in [2.75, 3.05) is 6.54 Å². The lowest BCUT2D eigenvalue weighted by molar-refractivity contribution is -0.384. The van der Waals surface area contributed by atoms with E-state index in [0.29, 0.717) is 32.8 Å². The molecule has 1 aliphatic heterocycles. The molecule has 0 aromatic heterocycles. The van der Waals surface area contributed by atoms with E-state index in [1.807, 2.05) is 0 Å². The first-order valence-electron chi connectivity index (χ1n) is 8.48. The summed E-state index contributed by atoms with van der Waals surface area (Å²) in [6.45, 7) is 0.427. The predicted molar refractivity (Wildman–Crippen MR) is 119 cm³/mol. The number of non-ortho nitro benzene ring substituents is 1. The maximum atomic E-state index is 12.6. The molecule has 9 heteroatoms. The lowest BCUT2D eigenvalue weighted by Gasteiger charge is -2.14. The number of allylic oxidation sites excluding steroid dienone is 2. The molecule has 0 bridgehead atoms. The summed E-state index contributed by atoms with van der Waals surface area (Å²) in [5, 5.41) is 20.4. The van der Waals surface area contributed by atoms with Gasteiger partial charge in [-0.2, -0.15) is 0 Å². The number of thiocarbonyl (C=S) groups is 1. The van der Waals surface area contributed by atoms with Crippen LogP contribution < -0.4 is 0 Å². The van der Waals surface area contributed by atoms with Gasteiger partial charge in [0.05, 0.1) is 9.83 Å². The molecule has 3 rings (SSSR count). The third-order valence-corrected chi connectivity index (χ3v) is 5.71. The lowest BCUT2D eigenvalue weighted by Crippen LogP contribution is -2.30. The largest absolute Gasteiger partial charge is 0.508 e. The van der Waals surface area contributed by atoms with Crippen molar-refractivity contribution in [3.63, 3.8) is 0 Å². The van der Waals surface area contributed by atoms with E-state index in [9.17, 15) is 20.0 Å². The number of carbonyl (C=O) groups is 1. The van der Waals surface area contributed by atoms with Crippen molar-refractivity contribution in [1.29, 1.82) is 0 Å². The minimum Gasteiger partial charge on any atom is -0.508 e. The average molecular weight is 447 g/mol. The van der Waals surface area contributed by atoms with Crippen LogP contribution in [0.15, 0.2) is 64.5 Å². The highest BCUT2D eigenvalue weighted by Gasteiger charge is 2.31. The minimum atomic E-state index is -0.474. The maximum absolute atomic E-state index is 12.6. The second kappa shape index (κ2) is 9.21. The number of nitrogens with zero attached hydrogens (tertiary/aromatic N) is 2. The van der Waals surface area contributed by atoms with Crippen LogP contribution in [-0.2, 0) is 11.2 Å². The smallest absolute Gasteiger partial charge is 0.269 e. The number of halogens is 1. The van der Waals surface area contributed by atoms with E-state index >= 15 is 0 Å². The number of nitro benzene ring substituents is 1. The van der Waals surface area contributed by atoms with Gasteiger partial charge in [-0.15, -0.1) is 0 Å². The number of hydrogen-bond acceptors (Lipinski definition) is 6. The monoisotopic (exact) mass is 446 g/mol. The maximum Gasteiger partial charge on any atom is 0.269 e. The molecule has 1 fully saturated rings. The van der Waals surface area contributed by atoms with Gasteiger partial charge in [-0.25, -0.2) is 0 Å². The summed E-state index contributed by atoms with van der Waals surface area (Å²) in [5.74, 6) is -0.0224. The topological polar surface area (TPSA) is 83.7 Å². The van der Waals surface area contributed by atoms with Gasteiger partial charge in [0, 0.05) is 23.7 Å². The van der Waals surface area contributed by atoms with Crippen molar-refractivity contribution in [2.24, 2.45) is 0 Å². The van der Waals surface area contributed by atoms with Crippen LogP contribution >= 0.6 is 35.6 Å². The number of amides is 1. The lowest BCUT2D eigenvalue weighted by atomic mass is 10.1. The number of benzene rings is 2. The van der Waals surface area contributed by atoms with Gasteiger partial charge >= 0.3 is 0 Å². The number of thioether (sulfide) groups is 1. The van der Waals surface area contributed by atoms with Crippen LogP contribution in [0.2, 0.25) is 0 Å². The van der Waals surface area contributed by atoms with Crippen molar-refractivity contribution in [2.45, 2.75) is 6.42 Å². The Balaban J connectivity index is 1.67. The Morgan fingerprint density at radius 3 is 2.48 bits per heavy atom. The summed E-state index contributed by atoms with van der Waals surface area (Å²) in [6, 6.07) is 12.7. The van der Waals surface area contributed by atoms with E-state index in [-0.39, 0.29) is 17.3 Å². The Labute approximate surface area is 181 Å². The molecule has 0 spiro atoms. The molecule has 1 N–H and O–H groups in total. The highest BCUT2D eigenvalue weighted by Crippen LogP contribution is 2.33. The molecule has 6 nitrogen and oxygen atoms in total. The number of phenolic OH excluding ortho intramolecular Hbond substituents is 1. The molecule has 148 valence electrons. The zero-order chi connectivity index (χ0) is 21.0. The molecule has 1 saturated heterocycles. The van der Waals surface area contributed by atoms with Gasteiger partial charge in [-0.3, -0.25) is 19.8 Å². The fourth-order valence-corrected chi connectivity index (χ4v) is 4.21. The number of aromatic hydroxyl groups is 1. The van der Waals surface area contributed by atoms with Gasteiger partial charge in [-0.1, -0.05) is 47.7 Å². The zero-order valence-electron chi connectivity index (χ0n) is 14.9. The number of nitro groups is 1. The van der Waals surface area contributed by atoms with Gasteiger partial charge in [0.1, 0.15) is 10.1 Å². The Bertz CT molecular complexity index is 1020. The van der Waals surface area contributed by atoms with Gasteiger partial charge in [-0.05, 0) is 54.0 Å². The van der Waals surface area contributed by atoms with Crippen LogP contribution in [0, 0.1) is 10.1 Å². The molecular weight excluding hydrogens is 432 g/mol. The molecule has 2 aromatic rings. The van der Waals surface area contributed by atoms with Crippen LogP contribution in [-0.4, -0.2) is 31.7 Å². The second-order valence-electron chi connectivity index (χ2n) is 6.13. The highest BCUT2D eigenvalue weighted by atomic mass is 35.5. The summed E-state index contributed by atoms with van der Waals surface area (Å²) >= 11 is 12.7. The third kappa shape index (κ3) is 5.44. The van der Waals surface area contributed by atoms with Gasteiger partial charge in [0.25, 0.3) is 11.6 Å². The standard InChI is InChI=1S/C20H15ClN2O4S2/c21-15(11-14-1-5-16(6-2-14)23(26)27)12-18-19(25)22(20(28)29-18)10-9-13-3-7-17(24)8-4-13/h1-8,11-12,24H,9-10H2/b15-11+,18-12+. The Morgan fingerprint density at radius 2 is 1.86 bits per heavy atom. The fraction of sp³-hybridized carbons (Fsp3) is 0.100. The molecule has 29 heavy (non-hydrogen) atoms. The molecule has 0 saturated carbocycles. The van der Waals surface area contributed by atoms with E-state index < -0.39 is 4.92 Å². The number of phenols is 1. The van der Waals surface area contributed by atoms with Gasteiger partial charge in [0.15, 0.2) is 0 Å². The predicted octanol–water partition coefficient (Wildman–Crippen LogP) is 4.87. The molecule has 0 aliphatic carbocycles. The first-order valence-corrected chi connectivity index (χ1v) is 10.1. The molecule has 0 atom stereocenters. The van der Waals surface area contributed by atoms with Crippen molar-refractivity contribution in [3.8, 4) is 5.75 Å². The molecular formula is C20H15ClN2O4S2. The SMILES string of the molecule is O=C1/C(=C\C(Cl)=C/c2ccc([N+](=O)[O-])cc2)SC(=S)N1CCc1ccc(O)cc1. The number of rotatable bonds is 6. The summed E-state index contributed by atoms with van der Waals surface area (Å²) in [7, 11) is 0. The summed E-state index contributed by atoms with van der Waals surface area (Å²) < 4.78 is 0.458. The zero-order valence-corrected chi connectivity index (χ0v) is 17.3. The molecule has 0 radical (unpaired) electrons. The highest BCUT2D eigenvalue weighted by molar-refractivity contribution is 8.26. The van der Waals surface area contributed by atoms with Gasteiger partial charge < -0.3 is 5.11 Å². The van der Waals surface area contributed by atoms with E-state index in [2.05, 4.69) is 0 Å². The second-order valence-corrected chi connectivity index (χ2v) is 8.24.